The molecule has 0 atom stereocenters. The Labute approximate surface area is 103 Å². The van der Waals surface area contributed by atoms with Crippen molar-refractivity contribution in [1.29, 1.82) is 0 Å². The lowest BCUT2D eigenvalue weighted by molar-refractivity contribution is 0.0649. The number of aryl methyl sites for hydroxylation is 1. The Morgan fingerprint density at radius 3 is 2.94 bits per heavy atom. The van der Waals surface area contributed by atoms with Crippen molar-refractivity contribution in [2.45, 2.75) is 20.0 Å². The van der Waals surface area contributed by atoms with Crippen molar-refractivity contribution in [2.75, 3.05) is 0 Å². The highest BCUT2D eigenvalue weighted by Gasteiger charge is 2.13. The zero-order chi connectivity index (χ0) is 13.0. The summed E-state index contributed by atoms with van der Waals surface area (Å²) in [7, 11) is 0. The molecule has 1 aromatic carbocycles. The number of benzene rings is 1. The maximum atomic E-state index is 10.5. The van der Waals surface area contributed by atoms with Gasteiger partial charge >= 0.3 is 11.9 Å². The molecule has 0 unspecified atom stereocenters. The van der Waals surface area contributed by atoms with E-state index >= 15 is 0 Å². The Balaban J connectivity index is 1.99. The predicted molar refractivity (Wildman–Crippen MR) is 61.4 cm³/mol. The lowest BCUT2D eigenvalue weighted by Crippen LogP contribution is -1.96. The second-order valence-electron chi connectivity index (χ2n) is 3.60. The van der Waals surface area contributed by atoms with Crippen LogP contribution in [0.25, 0.3) is 0 Å². The maximum Gasteiger partial charge on any atom is 0.393 e. The van der Waals surface area contributed by atoms with Crippen molar-refractivity contribution >= 4 is 5.97 Å². The number of nitrogens with zero attached hydrogens (tertiary/aromatic N) is 2. The number of carbonyl (C=O) groups is 1. The van der Waals surface area contributed by atoms with Gasteiger partial charge in [-0.1, -0.05) is 19.1 Å². The number of hydrogen-bond donors (Lipinski definition) is 1. The lowest BCUT2D eigenvalue weighted by Gasteiger charge is -2.04. The standard InChI is InChI=1S/C12H12N2O4/c1-2-8-4-3-5-9(6-8)17-7-10-13-14-11(18-10)12(15)16/h3-6H,2,7H2,1H3,(H,15,16). The lowest BCUT2D eigenvalue weighted by atomic mass is 10.2. The summed E-state index contributed by atoms with van der Waals surface area (Å²) in [6, 6.07) is 7.62. The predicted octanol–water partition coefficient (Wildman–Crippen LogP) is 1.91. The number of rotatable bonds is 5. The summed E-state index contributed by atoms with van der Waals surface area (Å²) in [4.78, 5) is 10.5. The topological polar surface area (TPSA) is 85.5 Å². The molecular formula is C12H12N2O4. The van der Waals surface area contributed by atoms with E-state index in [2.05, 4.69) is 17.1 Å². The second kappa shape index (κ2) is 5.31. The summed E-state index contributed by atoms with van der Waals surface area (Å²) in [6.45, 7) is 2.10. The van der Waals surface area contributed by atoms with Crippen LogP contribution in [0.3, 0.4) is 0 Å². The minimum Gasteiger partial charge on any atom is -0.484 e. The highest BCUT2D eigenvalue weighted by Crippen LogP contribution is 2.15. The first-order valence-corrected chi connectivity index (χ1v) is 5.46. The van der Waals surface area contributed by atoms with Crippen molar-refractivity contribution in [3.05, 3.63) is 41.6 Å². The van der Waals surface area contributed by atoms with Gasteiger partial charge in [-0.15, -0.1) is 10.2 Å². The summed E-state index contributed by atoms with van der Waals surface area (Å²) in [5.74, 6) is -0.864. The first-order chi connectivity index (χ1) is 8.69. The number of carboxylic acids is 1. The van der Waals surface area contributed by atoms with Crippen LogP contribution in [-0.2, 0) is 13.0 Å². The van der Waals surface area contributed by atoms with E-state index in [1.807, 2.05) is 24.3 Å². The molecule has 0 radical (unpaired) electrons. The second-order valence-corrected chi connectivity index (χ2v) is 3.60. The van der Waals surface area contributed by atoms with Crippen LogP contribution >= 0.6 is 0 Å². The first kappa shape index (κ1) is 12.1. The molecule has 0 saturated heterocycles. The van der Waals surface area contributed by atoms with Gasteiger partial charge in [0.15, 0.2) is 6.61 Å². The van der Waals surface area contributed by atoms with Crippen LogP contribution in [0.15, 0.2) is 28.7 Å². The highest BCUT2D eigenvalue weighted by molar-refractivity contribution is 5.81. The van der Waals surface area contributed by atoms with Crippen LogP contribution in [0.5, 0.6) is 5.75 Å². The normalized spacial score (nSPS) is 10.3. The molecule has 1 N–H and O–H groups in total. The SMILES string of the molecule is CCc1cccc(OCc2nnc(C(=O)O)o2)c1. The van der Waals surface area contributed by atoms with E-state index in [9.17, 15) is 4.79 Å². The molecule has 0 aliphatic rings. The van der Waals surface area contributed by atoms with Gasteiger partial charge in [-0.2, -0.15) is 0 Å². The monoisotopic (exact) mass is 248 g/mol. The molecule has 1 heterocycles. The third-order valence-electron chi connectivity index (χ3n) is 2.32. The molecule has 0 spiro atoms. The molecule has 6 nitrogen and oxygen atoms in total. The van der Waals surface area contributed by atoms with Gasteiger partial charge in [-0.25, -0.2) is 4.79 Å². The molecule has 0 aliphatic heterocycles. The summed E-state index contributed by atoms with van der Waals surface area (Å²) < 4.78 is 10.3. The van der Waals surface area contributed by atoms with Gasteiger partial charge in [-0.3, -0.25) is 0 Å². The molecule has 0 saturated carbocycles. The van der Waals surface area contributed by atoms with Crippen molar-refractivity contribution in [3.63, 3.8) is 0 Å². The third kappa shape index (κ3) is 2.85. The van der Waals surface area contributed by atoms with E-state index in [-0.39, 0.29) is 12.5 Å². The quantitative estimate of drug-likeness (QED) is 0.869. The zero-order valence-electron chi connectivity index (χ0n) is 9.79. The van der Waals surface area contributed by atoms with Crippen LogP contribution in [0.2, 0.25) is 0 Å². The summed E-state index contributed by atoms with van der Waals surface area (Å²) >= 11 is 0. The fourth-order valence-electron chi connectivity index (χ4n) is 1.40. The Kier molecular flexibility index (Phi) is 3.57. The van der Waals surface area contributed by atoms with Crippen molar-refractivity contribution in [1.82, 2.24) is 10.2 Å². The number of aromatic carboxylic acids is 1. The fraction of sp³-hybridized carbons (Fsp3) is 0.250. The first-order valence-electron chi connectivity index (χ1n) is 5.46. The molecule has 0 bridgehead atoms. The third-order valence-corrected chi connectivity index (χ3v) is 2.32. The Bertz CT molecular complexity index is 551. The van der Waals surface area contributed by atoms with Gasteiger partial charge in [0.1, 0.15) is 5.75 Å². The molecule has 0 fully saturated rings. The van der Waals surface area contributed by atoms with Crippen molar-refractivity contribution in [2.24, 2.45) is 0 Å². The van der Waals surface area contributed by atoms with Crippen LogP contribution in [-0.4, -0.2) is 21.3 Å². The molecule has 0 amide bonds. The van der Waals surface area contributed by atoms with E-state index in [0.29, 0.717) is 5.75 Å². The average molecular weight is 248 g/mol. The van der Waals surface area contributed by atoms with Crippen molar-refractivity contribution < 1.29 is 19.1 Å². The molecule has 94 valence electrons. The van der Waals surface area contributed by atoms with E-state index in [1.165, 1.54) is 0 Å². The largest absolute Gasteiger partial charge is 0.484 e. The summed E-state index contributed by atoms with van der Waals surface area (Å²) in [5.41, 5.74) is 1.16. The highest BCUT2D eigenvalue weighted by atomic mass is 16.5. The molecule has 2 rings (SSSR count). The maximum absolute atomic E-state index is 10.5. The Morgan fingerprint density at radius 2 is 2.28 bits per heavy atom. The Morgan fingerprint density at radius 1 is 1.44 bits per heavy atom. The Hall–Kier alpha value is -2.37. The zero-order valence-corrected chi connectivity index (χ0v) is 9.79. The fourth-order valence-corrected chi connectivity index (χ4v) is 1.40. The molecular weight excluding hydrogens is 236 g/mol. The molecule has 2 aromatic rings. The van der Waals surface area contributed by atoms with E-state index in [1.54, 1.807) is 0 Å². The number of carboxylic acid groups (broad SMARTS) is 1. The van der Waals surface area contributed by atoms with E-state index in [4.69, 9.17) is 14.3 Å². The van der Waals surface area contributed by atoms with Crippen LogP contribution < -0.4 is 4.74 Å². The summed E-state index contributed by atoms with van der Waals surface area (Å²) in [6.07, 6.45) is 0.918. The smallest absolute Gasteiger partial charge is 0.393 e. The van der Waals surface area contributed by atoms with Crippen LogP contribution in [0.1, 0.15) is 29.1 Å². The van der Waals surface area contributed by atoms with Gasteiger partial charge in [-0.05, 0) is 24.1 Å². The number of aromatic nitrogens is 2. The summed E-state index contributed by atoms with van der Waals surface area (Å²) in [5, 5.41) is 15.6. The van der Waals surface area contributed by atoms with Gasteiger partial charge in [0.05, 0.1) is 0 Å². The molecule has 1 aromatic heterocycles. The molecule has 18 heavy (non-hydrogen) atoms. The van der Waals surface area contributed by atoms with Gasteiger partial charge in [0, 0.05) is 0 Å². The minimum absolute atomic E-state index is 0.0491. The molecule has 0 aliphatic carbocycles. The van der Waals surface area contributed by atoms with E-state index < -0.39 is 11.9 Å². The molecule has 6 heteroatoms. The average Bonchev–Trinajstić information content (AvgIpc) is 2.85. The van der Waals surface area contributed by atoms with Gasteiger partial charge < -0.3 is 14.3 Å². The van der Waals surface area contributed by atoms with Gasteiger partial charge in [0.25, 0.3) is 5.89 Å². The van der Waals surface area contributed by atoms with Crippen LogP contribution in [0.4, 0.5) is 0 Å². The number of ether oxygens (including phenoxy) is 1. The van der Waals surface area contributed by atoms with Crippen molar-refractivity contribution in [3.8, 4) is 5.75 Å². The number of hydrogen-bond acceptors (Lipinski definition) is 5. The van der Waals surface area contributed by atoms with Crippen LogP contribution in [0, 0.1) is 0 Å². The minimum atomic E-state index is -1.25. The van der Waals surface area contributed by atoms with E-state index in [0.717, 1.165) is 12.0 Å². The van der Waals surface area contributed by atoms with Gasteiger partial charge in [0.2, 0.25) is 0 Å².